The molecule has 0 aliphatic heterocycles. The van der Waals surface area contributed by atoms with Crippen molar-refractivity contribution >= 4 is 11.9 Å². The molecule has 1 amide bonds. The Labute approximate surface area is 101 Å². The number of carbonyl (C=O) groups excluding carboxylic acids is 1. The third kappa shape index (κ3) is 8.41. The molecule has 0 fully saturated rings. The van der Waals surface area contributed by atoms with Gasteiger partial charge in [-0.05, 0) is 6.92 Å². The lowest BCUT2D eigenvalue weighted by atomic mass is 10.3. The predicted molar refractivity (Wildman–Crippen MR) is 63.8 cm³/mol. The van der Waals surface area contributed by atoms with Crippen LogP contribution in [0.5, 0.6) is 0 Å². The number of carboxylic acid groups (broad SMARTS) is 1. The number of ether oxygens (including phenoxy) is 1. The van der Waals surface area contributed by atoms with Crippen molar-refractivity contribution in [3.63, 3.8) is 0 Å². The average molecular weight is 244 g/mol. The highest BCUT2D eigenvalue weighted by molar-refractivity contribution is 5.79. The first-order valence-electron chi connectivity index (χ1n) is 5.33. The van der Waals surface area contributed by atoms with Gasteiger partial charge in [0.05, 0.1) is 19.7 Å². The van der Waals surface area contributed by atoms with Crippen LogP contribution in [0, 0.1) is 0 Å². The molecule has 0 bridgehead atoms. The summed E-state index contributed by atoms with van der Waals surface area (Å²) in [4.78, 5) is 23.6. The number of amides is 1. The normalized spacial score (nSPS) is 12.2. The van der Waals surface area contributed by atoms with E-state index in [4.69, 9.17) is 9.84 Å². The summed E-state index contributed by atoms with van der Waals surface area (Å²) < 4.78 is 4.88. The van der Waals surface area contributed by atoms with Crippen molar-refractivity contribution in [1.29, 1.82) is 0 Å². The van der Waals surface area contributed by atoms with Gasteiger partial charge in [0, 0.05) is 19.7 Å². The van der Waals surface area contributed by atoms with Crippen LogP contribution in [0.4, 0.5) is 0 Å². The van der Waals surface area contributed by atoms with E-state index >= 15 is 0 Å². The van der Waals surface area contributed by atoms with Gasteiger partial charge in [0.2, 0.25) is 5.91 Å². The number of hydrogen-bond acceptors (Lipinski definition) is 4. The van der Waals surface area contributed by atoms with Crippen molar-refractivity contribution in [3.05, 3.63) is 12.7 Å². The standard InChI is InChI=1S/C11H20N2O4/c1-4-5-13(7-11(15)16)6-10(14)12-9(2)8-17-3/h4,9H,1,5-8H2,2-3H3,(H,12,14)(H,15,16). The predicted octanol–water partition coefficient (Wildman–Crippen LogP) is -0.290. The van der Waals surface area contributed by atoms with Crippen molar-refractivity contribution < 1.29 is 19.4 Å². The molecular formula is C11H20N2O4. The fraction of sp³-hybridized carbons (Fsp3) is 0.636. The van der Waals surface area contributed by atoms with Crippen molar-refractivity contribution in [1.82, 2.24) is 10.2 Å². The third-order valence-corrected chi connectivity index (χ3v) is 1.94. The average Bonchev–Trinajstić information content (AvgIpc) is 2.16. The molecule has 0 aromatic rings. The molecule has 0 radical (unpaired) electrons. The fourth-order valence-corrected chi connectivity index (χ4v) is 1.37. The Balaban J connectivity index is 4.10. The molecule has 0 heterocycles. The van der Waals surface area contributed by atoms with Crippen LogP contribution in [-0.2, 0) is 14.3 Å². The molecule has 0 aliphatic carbocycles. The monoisotopic (exact) mass is 244 g/mol. The lowest BCUT2D eigenvalue weighted by Gasteiger charge is -2.19. The van der Waals surface area contributed by atoms with Crippen LogP contribution in [0.3, 0.4) is 0 Å². The van der Waals surface area contributed by atoms with Crippen LogP contribution in [0.2, 0.25) is 0 Å². The van der Waals surface area contributed by atoms with Crippen LogP contribution >= 0.6 is 0 Å². The highest BCUT2D eigenvalue weighted by Crippen LogP contribution is 1.90. The first-order valence-corrected chi connectivity index (χ1v) is 5.33. The number of hydrogen-bond donors (Lipinski definition) is 2. The van der Waals surface area contributed by atoms with Crippen molar-refractivity contribution in [2.45, 2.75) is 13.0 Å². The number of aliphatic carboxylic acids is 1. The SMILES string of the molecule is C=CCN(CC(=O)O)CC(=O)NC(C)COC. The summed E-state index contributed by atoms with van der Waals surface area (Å²) in [6, 6.07) is -0.0945. The summed E-state index contributed by atoms with van der Waals surface area (Å²) in [7, 11) is 1.55. The maximum Gasteiger partial charge on any atom is 0.317 e. The minimum atomic E-state index is -0.968. The van der Waals surface area contributed by atoms with Gasteiger partial charge >= 0.3 is 5.97 Å². The topological polar surface area (TPSA) is 78.9 Å². The molecule has 0 rings (SSSR count). The summed E-state index contributed by atoms with van der Waals surface area (Å²) in [6.07, 6.45) is 1.56. The van der Waals surface area contributed by atoms with Gasteiger partial charge in [-0.2, -0.15) is 0 Å². The summed E-state index contributed by atoms with van der Waals surface area (Å²) >= 11 is 0. The molecule has 0 aliphatic rings. The van der Waals surface area contributed by atoms with E-state index < -0.39 is 5.97 Å². The highest BCUT2D eigenvalue weighted by Gasteiger charge is 2.14. The molecule has 98 valence electrons. The van der Waals surface area contributed by atoms with Crippen molar-refractivity contribution in [2.24, 2.45) is 0 Å². The summed E-state index contributed by atoms with van der Waals surface area (Å²) in [5.74, 6) is -1.19. The third-order valence-electron chi connectivity index (χ3n) is 1.94. The number of carboxylic acids is 1. The molecule has 0 aromatic heterocycles. The number of methoxy groups -OCH3 is 1. The van der Waals surface area contributed by atoms with Crippen molar-refractivity contribution in [2.75, 3.05) is 33.4 Å². The quantitative estimate of drug-likeness (QED) is 0.545. The minimum absolute atomic E-state index is 0.0341. The summed E-state index contributed by atoms with van der Waals surface area (Å²) in [6.45, 7) is 5.97. The number of nitrogens with one attached hydrogen (secondary N) is 1. The van der Waals surface area contributed by atoms with Gasteiger partial charge < -0.3 is 15.2 Å². The Morgan fingerprint density at radius 3 is 2.65 bits per heavy atom. The number of rotatable bonds is 9. The molecule has 0 saturated heterocycles. The van der Waals surface area contributed by atoms with Gasteiger partial charge in [0.25, 0.3) is 0 Å². The number of nitrogens with zero attached hydrogens (tertiary/aromatic N) is 1. The Hall–Kier alpha value is -1.40. The Morgan fingerprint density at radius 1 is 1.53 bits per heavy atom. The van der Waals surface area contributed by atoms with Gasteiger partial charge in [-0.25, -0.2) is 0 Å². The zero-order chi connectivity index (χ0) is 13.3. The van der Waals surface area contributed by atoms with Gasteiger partial charge in [0.15, 0.2) is 0 Å². The van der Waals surface area contributed by atoms with Gasteiger partial charge in [-0.15, -0.1) is 6.58 Å². The van der Waals surface area contributed by atoms with Crippen LogP contribution in [0.25, 0.3) is 0 Å². The molecule has 0 aromatic carbocycles. The second-order valence-electron chi connectivity index (χ2n) is 3.78. The van der Waals surface area contributed by atoms with Crippen LogP contribution in [0.1, 0.15) is 6.92 Å². The van der Waals surface area contributed by atoms with E-state index in [9.17, 15) is 9.59 Å². The summed E-state index contributed by atoms with van der Waals surface area (Å²) in [5, 5.41) is 11.4. The zero-order valence-corrected chi connectivity index (χ0v) is 10.3. The van der Waals surface area contributed by atoms with E-state index in [2.05, 4.69) is 11.9 Å². The smallest absolute Gasteiger partial charge is 0.317 e. The molecule has 0 spiro atoms. The van der Waals surface area contributed by atoms with Crippen LogP contribution in [-0.4, -0.2) is 61.3 Å². The van der Waals surface area contributed by atoms with E-state index in [0.717, 1.165) is 0 Å². The Morgan fingerprint density at radius 2 is 2.18 bits per heavy atom. The lowest BCUT2D eigenvalue weighted by molar-refractivity contribution is -0.138. The van der Waals surface area contributed by atoms with Crippen LogP contribution < -0.4 is 5.32 Å². The first-order chi connectivity index (χ1) is 7.99. The Bertz CT molecular complexity index is 268. The van der Waals surface area contributed by atoms with Crippen LogP contribution in [0.15, 0.2) is 12.7 Å². The van der Waals surface area contributed by atoms with Crippen molar-refractivity contribution in [3.8, 4) is 0 Å². The van der Waals surface area contributed by atoms with Gasteiger partial charge in [-0.1, -0.05) is 6.08 Å². The van der Waals surface area contributed by atoms with E-state index in [1.54, 1.807) is 13.2 Å². The molecular weight excluding hydrogens is 224 g/mol. The van der Waals surface area contributed by atoms with E-state index in [0.29, 0.717) is 13.2 Å². The van der Waals surface area contributed by atoms with E-state index in [1.807, 2.05) is 6.92 Å². The molecule has 1 unspecified atom stereocenters. The fourth-order valence-electron chi connectivity index (χ4n) is 1.37. The van der Waals surface area contributed by atoms with E-state index in [1.165, 1.54) is 4.90 Å². The Kier molecular flexibility index (Phi) is 8.00. The summed E-state index contributed by atoms with van der Waals surface area (Å²) in [5.41, 5.74) is 0. The molecule has 0 saturated carbocycles. The highest BCUT2D eigenvalue weighted by atomic mass is 16.5. The zero-order valence-electron chi connectivity index (χ0n) is 10.3. The second-order valence-corrected chi connectivity index (χ2v) is 3.78. The molecule has 2 N–H and O–H groups in total. The second kappa shape index (κ2) is 8.72. The molecule has 1 atom stereocenters. The number of carbonyl (C=O) groups is 2. The molecule has 6 nitrogen and oxygen atoms in total. The van der Waals surface area contributed by atoms with E-state index in [-0.39, 0.29) is 25.0 Å². The first kappa shape index (κ1) is 15.6. The lowest BCUT2D eigenvalue weighted by Crippen LogP contribution is -2.44. The maximum atomic E-state index is 11.6. The maximum absolute atomic E-state index is 11.6. The van der Waals surface area contributed by atoms with Gasteiger partial charge in [0.1, 0.15) is 0 Å². The van der Waals surface area contributed by atoms with Gasteiger partial charge in [-0.3, -0.25) is 14.5 Å². The molecule has 6 heteroatoms. The molecule has 17 heavy (non-hydrogen) atoms. The minimum Gasteiger partial charge on any atom is -0.480 e. The largest absolute Gasteiger partial charge is 0.480 e.